The van der Waals surface area contributed by atoms with Gasteiger partial charge in [0.2, 0.25) is 5.78 Å². The van der Waals surface area contributed by atoms with Gasteiger partial charge in [-0.2, -0.15) is 0 Å². The number of rotatable bonds is 6. The van der Waals surface area contributed by atoms with Crippen LogP contribution in [-0.4, -0.2) is 12.4 Å². The predicted octanol–water partition coefficient (Wildman–Crippen LogP) is 5.42. The molecule has 4 nitrogen and oxygen atoms in total. The second-order valence-corrected chi connectivity index (χ2v) is 6.48. The van der Waals surface area contributed by atoms with Gasteiger partial charge in [0.1, 0.15) is 29.7 Å². The lowest BCUT2D eigenvalue weighted by atomic mass is 10.1. The van der Waals surface area contributed by atoms with Gasteiger partial charge in [-0.05, 0) is 48.9 Å². The van der Waals surface area contributed by atoms with E-state index in [4.69, 9.17) is 14.2 Å². The third-order valence-corrected chi connectivity index (χ3v) is 4.48. The molecule has 1 heterocycles. The quantitative estimate of drug-likeness (QED) is 0.527. The van der Waals surface area contributed by atoms with Gasteiger partial charge >= 0.3 is 0 Å². The number of Topliss-reactive ketones (excluding diaryl/α,β-unsaturated/α-hetero) is 1. The van der Waals surface area contributed by atoms with E-state index in [-0.39, 0.29) is 24.0 Å². The van der Waals surface area contributed by atoms with E-state index in [1.165, 1.54) is 6.07 Å². The Balaban J connectivity index is 1.48. The number of allylic oxidation sites excluding steroid dienone is 1. The third kappa shape index (κ3) is 4.14. The van der Waals surface area contributed by atoms with Crippen molar-refractivity contribution < 1.29 is 23.4 Å². The van der Waals surface area contributed by atoms with Crippen LogP contribution in [-0.2, 0) is 6.61 Å². The zero-order chi connectivity index (χ0) is 20.2. The van der Waals surface area contributed by atoms with Crippen molar-refractivity contribution in [3.63, 3.8) is 0 Å². The Morgan fingerprint density at radius 1 is 0.966 bits per heavy atom. The van der Waals surface area contributed by atoms with Gasteiger partial charge in [0.05, 0.1) is 12.2 Å². The number of carbonyl (C=O) groups excluding carboxylic acids is 1. The molecule has 0 aromatic heterocycles. The Morgan fingerprint density at radius 2 is 1.72 bits per heavy atom. The molecular formula is C24H19FO4. The number of fused-ring (bicyclic) bond motifs is 1. The molecule has 4 rings (SSSR count). The molecule has 0 N–H and O–H groups in total. The van der Waals surface area contributed by atoms with Crippen molar-refractivity contribution in [2.75, 3.05) is 6.61 Å². The third-order valence-electron chi connectivity index (χ3n) is 4.48. The number of halogens is 1. The van der Waals surface area contributed by atoms with Gasteiger partial charge in [-0.3, -0.25) is 4.79 Å². The van der Waals surface area contributed by atoms with Crippen LogP contribution in [0.2, 0.25) is 0 Å². The first-order valence-corrected chi connectivity index (χ1v) is 9.31. The molecule has 0 bridgehead atoms. The first-order chi connectivity index (χ1) is 14.1. The topological polar surface area (TPSA) is 44.8 Å². The second-order valence-electron chi connectivity index (χ2n) is 6.48. The lowest BCUT2D eigenvalue weighted by Gasteiger charge is -2.08. The molecule has 0 radical (unpaired) electrons. The average molecular weight is 390 g/mol. The summed E-state index contributed by atoms with van der Waals surface area (Å²) in [6, 6.07) is 18.8. The molecule has 0 atom stereocenters. The Morgan fingerprint density at radius 3 is 2.48 bits per heavy atom. The van der Waals surface area contributed by atoms with Crippen molar-refractivity contribution >= 4 is 11.9 Å². The van der Waals surface area contributed by atoms with Crippen LogP contribution in [0.15, 0.2) is 72.5 Å². The van der Waals surface area contributed by atoms with Gasteiger partial charge in [0.25, 0.3) is 0 Å². The molecule has 0 fully saturated rings. The number of ether oxygens (including phenoxy) is 3. The molecule has 3 aromatic carbocycles. The van der Waals surface area contributed by atoms with E-state index in [0.717, 1.165) is 11.3 Å². The van der Waals surface area contributed by atoms with Crippen LogP contribution < -0.4 is 14.2 Å². The minimum Gasteiger partial charge on any atom is -0.494 e. The highest BCUT2D eigenvalue weighted by atomic mass is 19.1. The van der Waals surface area contributed by atoms with Crippen molar-refractivity contribution in [1.29, 1.82) is 0 Å². The molecule has 29 heavy (non-hydrogen) atoms. The van der Waals surface area contributed by atoms with Crippen LogP contribution in [0.25, 0.3) is 6.08 Å². The van der Waals surface area contributed by atoms with E-state index >= 15 is 0 Å². The van der Waals surface area contributed by atoms with Gasteiger partial charge in [0, 0.05) is 11.6 Å². The van der Waals surface area contributed by atoms with Gasteiger partial charge in [-0.1, -0.05) is 30.3 Å². The molecule has 0 unspecified atom stereocenters. The maximum atomic E-state index is 13.7. The summed E-state index contributed by atoms with van der Waals surface area (Å²) in [7, 11) is 0. The van der Waals surface area contributed by atoms with E-state index in [0.29, 0.717) is 29.2 Å². The molecule has 0 spiro atoms. The number of benzene rings is 3. The van der Waals surface area contributed by atoms with E-state index in [1.807, 2.05) is 31.2 Å². The Hall–Kier alpha value is -3.60. The minimum absolute atomic E-state index is 0.0916. The normalized spacial score (nSPS) is 13.9. The highest BCUT2D eigenvalue weighted by molar-refractivity contribution is 6.14. The number of hydrogen-bond donors (Lipinski definition) is 0. The molecule has 0 amide bonds. The minimum atomic E-state index is -0.319. The highest BCUT2D eigenvalue weighted by Crippen LogP contribution is 2.35. The lowest BCUT2D eigenvalue weighted by molar-refractivity contribution is 0.101. The zero-order valence-corrected chi connectivity index (χ0v) is 15.9. The predicted molar refractivity (Wildman–Crippen MR) is 108 cm³/mol. The van der Waals surface area contributed by atoms with E-state index in [2.05, 4.69) is 0 Å². The van der Waals surface area contributed by atoms with Crippen molar-refractivity contribution in [2.45, 2.75) is 13.5 Å². The lowest BCUT2D eigenvalue weighted by Crippen LogP contribution is -1.98. The molecule has 0 aliphatic carbocycles. The van der Waals surface area contributed by atoms with Crippen LogP contribution >= 0.6 is 0 Å². The summed E-state index contributed by atoms with van der Waals surface area (Å²) in [6.45, 7) is 2.61. The maximum absolute atomic E-state index is 13.7. The largest absolute Gasteiger partial charge is 0.494 e. The fourth-order valence-corrected chi connectivity index (χ4v) is 3.01. The fraction of sp³-hybridized carbons (Fsp3) is 0.125. The van der Waals surface area contributed by atoms with Crippen molar-refractivity contribution in [3.05, 3.63) is 95.0 Å². The summed E-state index contributed by atoms with van der Waals surface area (Å²) < 4.78 is 30.5. The van der Waals surface area contributed by atoms with Crippen molar-refractivity contribution in [3.8, 4) is 17.2 Å². The van der Waals surface area contributed by atoms with E-state index < -0.39 is 0 Å². The summed E-state index contributed by atoms with van der Waals surface area (Å²) >= 11 is 0. The monoisotopic (exact) mass is 390 g/mol. The smallest absolute Gasteiger partial charge is 0.231 e. The van der Waals surface area contributed by atoms with Gasteiger partial charge in [-0.25, -0.2) is 4.39 Å². The van der Waals surface area contributed by atoms with Crippen LogP contribution in [0, 0.1) is 5.82 Å². The zero-order valence-electron chi connectivity index (χ0n) is 15.9. The van der Waals surface area contributed by atoms with Crippen LogP contribution in [0.1, 0.15) is 28.4 Å². The van der Waals surface area contributed by atoms with Crippen molar-refractivity contribution in [2.24, 2.45) is 0 Å². The molecule has 0 saturated heterocycles. The standard InChI is InChI=1S/C24H19FO4/c1-2-27-18-9-7-16(8-10-18)13-23-24(26)20-12-11-19(14-22(20)29-23)28-15-17-5-3-4-6-21(17)25/h3-14H,2,15H2,1H3. The summed E-state index contributed by atoms with van der Waals surface area (Å²) in [5.41, 5.74) is 1.77. The average Bonchev–Trinajstić information content (AvgIpc) is 3.04. The van der Waals surface area contributed by atoms with Crippen LogP contribution in [0.3, 0.4) is 0 Å². The van der Waals surface area contributed by atoms with Crippen molar-refractivity contribution in [1.82, 2.24) is 0 Å². The second kappa shape index (κ2) is 8.19. The Kier molecular flexibility index (Phi) is 5.29. The highest BCUT2D eigenvalue weighted by Gasteiger charge is 2.27. The Labute approximate surface area is 168 Å². The molecule has 146 valence electrons. The van der Waals surface area contributed by atoms with E-state index in [1.54, 1.807) is 42.5 Å². The number of ketones is 1. The van der Waals surface area contributed by atoms with Gasteiger partial charge in [0.15, 0.2) is 5.76 Å². The number of hydrogen-bond acceptors (Lipinski definition) is 4. The van der Waals surface area contributed by atoms with Crippen LogP contribution in [0.5, 0.6) is 17.2 Å². The van der Waals surface area contributed by atoms with Gasteiger partial charge < -0.3 is 14.2 Å². The summed E-state index contributed by atoms with van der Waals surface area (Å²) in [4.78, 5) is 12.6. The molecule has 0 saturated carbocycles. The SMILES string of the molecule is CCOc1ccc(C=C2Oc3cc(OCc4ccccc4F)ccc3C2=O)cc1. The summed E-state index contributed by atoms with van der Waals surface area (Å²) in [5, 5.41) is 0. The Bertz CT molecular complexity index is 1070. The number of carbonyl (C=O) groups is 1. The molecule has 1 aliphatic heterocycles. The van der Waals surface area contributed by atoms with Gasteiger partial charge in [-0.15, -0.1) is 0 Å². The fourth-order valence-electron chi connectivity index (χ4n) is 3.01. The molecule has 5 heteroatoms. The van der Waals surface area contributed by atoms with Crippen LogP contribution in [0.4, 0.5) is 4.39 Å². The summed E-state index contributed by atoms with van der Waals surface area (Å²) in [5.74, 6) is 1.44. The molecular weight excluding hydrogens is 371 g/mol. The molecule has 1 aliphatic rings. The first kappa shape index (κ1) is 18.7. The molecule has 3 aromatic rings. The first-order valence-electron chi connectivity index (χ1n) is 9.31. The van der Waals surface area contributed by atoms with E-state index in [9.17, 15) is 9.18 Å². The maximum Gasteiger partial charge on any atom is 0.231 e. The summed E-state index contributed by atoms with van der Waals surface area (Å²) in [6.07, 6.45) is 1.69.